The molecule has 3 heterocycles. The molecule has 0 N–H and O–H groups in total. The summed E-state index contributed by atoms with van der Waals surface area (Å²) in [5, 5.41) is 0. The molecule has 0 spiro atoms. The molecule has 0 aromatic carbocycles. The molecule has 0 bridgehead atoms. The van der Waals surface area contributed by atoms with E-state index in [2.05, 4.69) is 26.7 Å². The minimum Gasteiger partial charge on any atom is -0.338 e. The molecular weight excluding hydrogens is 212 g/mol. The van der Waals surface area contributed by atoms with E-state index in [1.807, 2.05) is 18.5 Å². The molecule has 17 heavy (non-hydrogen) atoms. The van der Waals surface area contributed by atoms with Crippen LogP contribution >= 0.6 is 0 Å². The van der Waals surface area contributed by atoms with Gasteiger partial charge in [0.2, 0.25) is 5.95 Å². The monoisotopic (exact) mass is 232 g/mol. The number of aromatic nitrogens is 2. The summed E-state index contributed by atoms with van der Waals surface area (Å²) in [7, 11) is 0. The molecule has 2 fully saturated rings. The van der Waals surface area contributed by atoms with Gasteiger partial charge in [0.1, 0.15) is 0 Å². The van der Waals surface area contributed by atoms with E-state index in [-0.39, 0.29) is 0 Å². The van der Waals surface area contributed by atoms with E-state index >= 15 is 0 Å². The van der Waals surface area contributed by atoms with Crippen LogP contribution < -0.4 is 4.90 Å². The molecule has 3 rings (SSSR count). The number of piperazine rings is 1. The summed E-state index contributed by atoms with van der Waals surface area (Å²) in [4.78, 5) is 13.7. The lowest BCUT2D eigenvalue weighted by Crippen LogP contribution is -2.56. The van der Waals surface area contributed by atoms with Crippen LogP contribution in [-0.4, -0.2) is 47.1 Å². The van der Waals surface area contributed by atoms with Gasteiger partial charge in [-0.2, -0.15) is 0 Å². The summed E-state index contributed by atoms with van der Waals surface area (Å²) in [6.45, 7) is 6.95. The number of anilines is 1. The van der Waals surface area contributed by atoms with Gasteiger partial charge in [-0.3, -0.25) is 4.90 Å². The maximum atomic E-state index is 4.35. The quantitative estimate of drug-likeness (QED) is 0.732. The van der Waals surface area contributed by atoms with Crippen molar-refractivity contribution in [3.05, 3.63) is 18.5 Å². The van der Waals surface area contributed by atoms with Crippen molar-refractivity contribution >= 4 is 5.95 Å². The van der Waals surface area contributed by atoms with Gasteiger partial charge in [-0.1, -0.05) is 6.92 Å². The van der Waals surface area contributed by atoms with Gasteiger partial charge in [-0.05, 0) is 24.8 Å². The van der Waals surface area contributed by atoms with Crippen molar-refractivity contribution < 1.29 is 0 Å². The third kappa shape index (κ3) is 2.27. The van der Waals surface area contributed by atoms with E-state index in [1.54, 1.807) is 0 Å². The first-order valence-electron chi connectivity index (χ1n) is 6.59. The Hall–Kier alpha value is -1.16. The Bertz CT molecular complexity index is 367. The van der Waals surface area contributed by atoms with E-state index in [9.17, 15) is 0 Å². The summed E-state index contributed by atoms with van der Waals surface area (Å²) in [6, 6.07) is 2.59. The van der Waals surface area contributed by atoms with Crippen LogP contribution in [0.3, 0.4) is 0 Å². The highest BCUT2D eigenvalue weighted by Gasteiger charge is 2.31. The molecule has 0 amide bonds. The third-order valence-electron chi connectivity index (χ3n) is 3.98. The second-order valence-electron chi connectivity index (χ2n) is 5.33. The summed E-state index contributed by atoms with van der Waals surface area (Å²) in [5.41, 5.74) is 0. The zero-order valence-corrected chi connectivity index (χ0v) is 10.4. The van der Waals surface area contributed by atoms with E-state index in [0.717, 1.165) is 31.5 Å². The molecule has 0 aliphatic carbocycles. The van der Waals surface area contributed by atoms with Crippen molar-refractivity contribution in [2.75, 3.05) is 31.1 Å². The third-order valence-corrected chi connectivity index (χ3v) is 3.98. The summed E-state index contributed by atoms with van der Waals surface area (Å²) >= 11 is 0. The van der Waals surface area contributed by atoms with Gasteiger partial charge in [-0.15, -0.1) is 0 Å². The number of rotatable bonds is 1. The number of fused-ring (bicyclic) bond motifs is 1. The Labute approximate surface area is 103 Å². The molecule has 2 aliphatic rings. The number of piperidine rings is 1. The summed E-state index contributed by atoms with van der Waals surface area (Å²) < 4.78 is 0. The molecule has 4 heteroatoms. The smallest absolute Gasteiger partial charge is 0.225 e. The van der Waals surface area contributed by atoms with Crippen molar-refractivity contribution in [2.24, 2.45) is 5.92 Å². The molecule has 0 saturated carbocycles. The molecule has 4 nitrogen and oxygen atoms in total. The lowest BCUT2D eigenvalue weighted by atomic mass is 9.92. The predicted octanol–water partition coefficient (Wildman–Crippen LogP) is 1.40. The fraction of sp³-hybridized carbons (Fsp3) is 0.692. The summed E-state index contributed by atoms with van der Waals surface area (Å²) in [5.74, 6) is 1.76. The molecule has 92 valence electrons. The molecule has 2 aliphatic heterocycles. The highest BCUT2D eigenvalue weighted by atomic mass is 15.3. The molecule has 0 radical (unpaired) electrons. The Kier molecular flexibility index (Phi) is 2.97. The highest BCUT2D eigenvalue weighted by molar-refractivity contribution is 5.30. The molecule has 0 unspecified atom stereocenters. The maximum absolute atomic E-state index is 4.35. The van der Waals surface area contributed by atoms with Crippen LogP contribution in [0, 0.1) is 5.92 Å². The van der Waals surface area contributed by atoms with Crippen molar-refractivity contribution in [1.82, 2.24) is 14.9 Å². The van der Waals surface area contributed by atoms with Gasteiger partial charge < -0.3 is 4.90 Å². The van der Waals surface area contributed by atoms with Crippen LogP contribution in [0.25, 0.3) is 0 Å². The standard InChI is InChI=1S/C13H20N4/c1-11-3-4-12-10-17(8-7-16(12)9-11)13-14-5-2-6-15-13/h2,5-6,11-12H,3-4,7-10H2,1H3/t11-,12-/m0/s1. The second-order valence-corrected chi connectivity index (χ2v) is 5.33. The first-order chi connectivity index (χ1) is 8.33. The van der Waals surface area contributed by atoms with Crippen LogP contribution in [0.15, 0.2) is 18.5 Å². The predicted molar refractivity (Wildman–Crippen MR) is 68.0 cm³/mol. The van der Waals surface area contributed by atoms with Gasteiger partial charge in [0, 0.05) is 44.6 Å². The first-order valence-corrected chi connectivity index (χ1v) is 6.59. The van der Waals surface area contributed by atoms with Crippen molar-refractivity contribution in [2.45, 2.75) is 25.8 Å². The SMILES string of the molecule is C[C@H]1CC[C@H]2CN(c3ncccn3)CCN2C1. The Morgan fingerprint density at radius 2 is 1.94 bits per heavy atom. The summed E-state index contributed by atoms with van der Waals surface area (Å²) in [6.07, 6.45) is 6.35. The lowest BCUT2D eigenvalue weighted by molar-refractivity contribution is 0.101. The Balaban J connectivity index is 1.68. The van der Waals surface area contributed by atoms with Crippen LogP contribution in [-0.2, 0) is 0 Å². The topological polar surface area (TPSA) is 32.3 Å². The average molecular weight is 232 g/mol. The second kappa shape index (κ2) is 4.61. The van der Waals surface area contributed by atoms with Gasteiger partial charge in [0.15, 0.2) is 0 Å². The Morgan fingerprint density at radius 3 is 2.76 bits per heavy atom. The first kappa shape index (κ1) is 11.0. The molecule has 2 saturated heterocycles. The zero-order valence-electron chi connectivity index (χ0n) is 10.4. The number of nitrogens with zero attached hydrogens (tertiary/aromatic N) is 4. The van der Waals surface area contributed by atoms with Crippen molar-refractivity contribution in [3.8, 4) is 0 Å². The number of hydrogen-bond donors (Lipinski definition) is 0. The van der Waals surface area contributed by atoms with E-state index < -0.39 is 0 Å². The minimum atomic E-state index is 0.712. The largest absolute Gasteiger partial charge is 0.338 e. The highest BCUT2D eigenvalue weighted by Crippen LogP contribution is 2.25. The van der Waals surface area contributed by atoms with Gasteiger partial charge in [-0.25, -0.2) is 9.97 Å². The van der Waals surface area contributed by atoms with Gasteiger partial charge in [0.25, 0.3) is 0 Å². The van der Waals surface area contributed by atoms with Gasteiger partial charge >= 0.3 is 0 Å². The van der Waals surface area contributed by atoms with E-state index in [1.165, 1.54) is 19.4 Å². The lowest BCUT2D eigenvalue weighted by Gasteiger charge is -2.45. The van der Waals surface area contributed by atoms with E-state index in [0.29, 0.717) is 6.04 Å². The van der Waals surface area contributed by atoms with E-state index in [4.69, 9.17) is 0 Å². The van der Waals surface area contributed by atoms with Crippen LogP contribution in [0.5, 0.6) is 0 Å². The van der Waals surface area contributed by atoms with Crippen LogP contribution in [0.4, 0.5) is 5.95 Å². The fourth-order valence-electron chi connectivity index (χ4n) is 3.01. The van der Waals surface area contributed by atoms with Crippen LogP contribution in [0.2, 0.25) is 0 Å². The van der Waals surface area contributed by atoms with Crippen molar-refractivity contribution in [3.63, 3.8) is 0 Å². The van der Waals surface area contributed by atoms with Crippen molar-refractivity contribution in [1.29, 1.82) is 0 Å². The molecule has 2 atom stereocenters. The van der Waals surface area contributed by atoms with Crippen LogP contribution in [0.1, 0.15) is 19.8 Å². The molecule has 1 aromatic rings. The molecule has 1 aromatic heterocycles. The average Bonchev–Trinajstić information content (AvgIpc) is 2.39. The zero-order chi connectivity index (χ0) is 11.7. The Morgan fingerprint density at radius 1 is 1.12 bits per heavy atom. The van der Waals surface area contributed by atoms with Gasteiger partial charge in [0.05, 0.1) is 0 Å². The maximum Gasteiger partial charge on any atom is 0.225 e. The molecular formula is C13H20N4. The minimum absolute atomic E-state index is 0.712. The number of hydrogen-bond acceptors (Lipinski definition) is 4. The normalized spacial score (nSPS) is 30.1. The fourth-order valence-corrected chi connectivity index (χ4v) is 3.01.